The van der Waals surface area contributed by atoms with Crippen molar-refractivity contribution in [2.24, 2.45) is 0 Å². The van der Waals surface area contributed by atoms with E-state index in [1.54, 1.807) is 6.20 Å². The van der Waals surface area contributed by atoms with Crippen molar-refractivity contribution >= 4 is 23.1 Å². The van der Waals surface area contributed by atoms with E-state index in [-0.39, 0.29) is 0 Å². The molecule has 0 unspecified atom stereocenters. The highest BCUT2D eigenvalue weighted by Crippen LogP contribution is 2.33. The first-order chi connectivity index (χ1) is 13.8. The molecule has 0 radical (unpaired) electrons. The third-order valence-electron chi connectivity index (χ3n) is 4.71. The zero-order chi connectivity index (χ0) is 19.3. The quantitative estimate of drug-likeness (QED) is 0.640. The number of hydrogen-bond acceptors (Lipinski definition) is 6. The molecule has 144 valence electrons. The summed E-state index contributed by atoms with van der Waals surface area (Å²) in [6.45, 7) is 5.45. The van der Waals surface area contributed by atoms with Gasteiger partial charge in [-0.15, -0.1) is 0 Å². The number of para-hydroxylation sites is 1. The highest BCUT2D eigenvalue weighted by molar-refractivity contribution is 5.66. The molecule has 0 aliphatic carbocycles. The first-order valence-corrected chi connectivity index (χ1v) is 9.64. The SMILES string of the molecule is CCc1cccc(CC)c1Nc1nccc(Nc2ccc3c(c2)OCCO3)n1. The second-order valence-corrected chi connectivity index (χ2v) is 6.53. The lowest BCUT2D eigenvalue weighted by atomic mass is 10.0. The molecule has 0 saturated carbocycles. The van der Waals surface area contributed by atoms with Gasteiger partial charge in [0.15, 0.2) is 11.5 Å². The van der Waals surface area contributed by atoms with Gasteiger partial charge in [0.25, 0.3) is 0 Å². The average molecular weight is 376 g/mol. The van der Waals surface area contributed by atoms with Crippen LogP contribution in [-0.2, 0) is 12.8 Å². The standard InChI is InChI=1S/C22H24N4O2/c1-3-15-6-5-7-16(4-2)21(15)26-22-23-11-10-20(25-22)24-17-8-9-18-19(14-17)28-13-12-27-18/h5-11,14H,3-4,12-13H2,1-2H3,(H2,23,24,25,26). The highest BCUT2D eigenvalue weighted by Gasteiger charge is 2.12. The third-order valence-corrected chi connectivity index (χ3v) is 4.71. The van der Waals surface area contributed by atoms with Crippen LogP contribution in [-0.4, -0.2) is 23.2 Å². The van der Waals surface area contributed by atoms with E-state index in [9.17, 15) is 0 Å². The molecule has 0 amide bonds. The molecule has 1 aliphatic heterocycles. The van der Waals surface area contributed by atoms with Gasteiger partial charge < -0.3 is 20.1 Å². The van der Waals surface area contributed by atoms with E-state index in [4.69, 9.17) is 9.47 Å². The Bertz CT molecular complexity index is 952. The minimum Gasteiger partial charge on any atom is -0.486 e. The maximum Gasteiger partial charge on any atom is 0.229 e. The fraction of sp³-hybridized carbons (Fsp3) is 0.273. The summed E-state index contributed by atoms with van der Waals surface area (Å²) in [6.07, 6.45) is 3.65. The van der Waals surface area contributed by atoms with Crippen molar-refractivity contribution < 1.29 is 9.47 Å². The minimum atomic E-state index is 0.564. The number of anilines is 4. The van der Waals surface area contributed by atoms with Gasteiger partial charge in [-0.1, -0.05) is 32.0 Å². The number of nitrogens with one attached hydrogen (secondary N) is 2. The summed E-state index contributed by atoms with van der Waals surface area (Å²) in [7, 11) is 0. The van der Waals surface area contributed by atoms with Gasteiger partial charge in [-0.05, 0) is 42.2 Å². The molecule has 0 fully saturated rings. The van der Waals surface area contributed by atoms with Crippen LogP contribution < -0.4 is 20.1 Å². The maximum atomic E-state index is 5.65. The zero-order valence-corrected chi connectivity index (χ0v) is 16.2. The van der Waals surface area contributed by atoms with Crippen molar-refractivity contribution in [2.75, 3.05) is 23.8 Å². The molecule has 3 aromatic rings. The number of fused-ring (bicyclic) bond motifs is 1. The number of hydrogen-bond donors (Lipinski definition) is 2. The van der Waals surface area contributed by atoms with E-state index in [1.807, 2.05) is 24.3 Å². The summed E-state index contributed by atoms with van der Waals surface area (Å²) in [5.41, 5.74) is 4.50. The van der Waals surface area contributed by atoms with Crippen molar-refractivity contribution in [3.05, 3.63) is 59.8 Å². The van der Waals surface area contributed by atoms with Crippen LogP contribution in [0.4, 0.5) is 23.1 Å². The maximum absolute atomic E-state index is 5.65. The van der Waals surface area contributed by atoms with Crippen molar-refractivity contribution in [2.45, 2.75) is 26.7 Å². The first kappa shape index (κ1) is 18.1. The lowest BCUT2D eigenvalue weighted by Gasteiger charge is -2.19. The van der Waals surface area contributed by atoms with Gasteiger partial charge in [0.1, 0.15) is 19.0 Å². The number of benzene rings is 2. The summed E-state index contributed by atoms with van der Waals surface area (Å²) in [6, 6.07) is 14.0. The molecule has 2 aromatic carbocycles. The van der Waals surface area contributed by atoms with Crippen LogP contribution in [0.15, 0.2) is 48.7 Å². The summed E-state index contributed by atoms with van der Waals surface area (Å²) in [4.78, 5) is 9.01. The predicted octanol–water partition coefficient (Wildman–Crippen LogP) is 4.86. The van der Waals surface area contributed by atoms with Gasteiger partial charge in [-0.2, -0.15) is 4.98 Å². The lowest BCUT2D eigenvalue weighted by Crippen LogP contribution is -2.15. The Hall–Kier alpha value is -3.28. The molecule has 0 saturated heterocycles. The number of ether oxygens (including phenoxy) is 2. The molecule has 28 heavy (non-hydrogen) atoms. The monoisotopic (exact) mass is 376 g/mol. The molecule has 0 atom stereocenters. The van der Waals surface area contributed by atoms with Crippen LogP contribution in [0.5, 0.6) is 11.5 Å². The van der Waals surface area contributed by atoms with Crippen LogP contribution in [0, 0.1) is 0 Å². The second-order valence-electron chi connectivity index (χ2n) is 6.53. The van der Waals surface area contributed by atoms with E-state index >= 15 is 0 Å². The smallest absolute Gasteiger partial charge is 0.229 e. The van der Waals surface area contributed by atoms with Crippen molar-refractivity contribution in [1.29, 1.82) is 0 Å². The minimum absolute atomic E-state index is 0.564. The molecule has 1 aliphatic rings. The summed E-state index contributed by atoms with van der Waals surface area (Å²) in [5, 5.41) is 6.72. The molecule has 6 heteroatoms. The van der Waals surface area contributed by atoms with E-state index in [2.05, 4.69) is 52.6 Å². The summed E-state index contributed by atoms with van der Waals surface area (Å²) in [5.74, 6) is 2.79. The van der Waals surface area contributed by atoms with Gasteiger partial charge in [0.2, 0.25) is 5.95 Å². The van der Waals surface area contributed by atoms with Crippen LogP contribution in [0.25, 0.3) is 0 Å². The lowest BCUT2D eigenvalue weighted by molar-refractivity contribution is 0.171. The molecular weight excluding hydrogens is 352 g/mol. The number of aromatic nitrogens is 2. The fourth-order valence-corrected chi connectivity index (χ4v) is 3.27. The van der Waals surface area contributed by atoms with Crippen LogP contribution in [0.1, 0.15) is 25.0 Å². The second kappa shape index (κ2) is 8.17. The number of nitrogens with zero attached hydrogens (tertiary/aromatic N) is 2. The fourth-order valence-electron chi connectivity index (χ4n) is 3.27. The average Bonchev–Trinajstić information content (AvgIpc) is 2.74. The van der Waals surface area contributed by atoms with Gasteiger partial charge >= 0.3 is 0 Å². The van der Waals surface area contributed by atoms with Crippen molar-refractivity contribution in [1.82, 2.24) is 9.97 Å². The summed E-state index contributed by atoms with van der Waals surface area (Å²) >= 11 is 0. The van der Waals surface area contributed by atoms with E-state index < -0.39 is 0 Å². The van der Waals surface area contributed by atoms with Crippen LogP contribution >= 0.6 is 0 Å². The van der Waals surface area contributed by atoms with Gasteiger partial charge in [-0.3, -0.25) is 0 Å². The molecule has 0 bridgehead atoms. The Balaban J connectivity index is 1.56. The van der Waals surface area contributed by atoms with Crippen LogP contribution in [0.3, 0.4) is 0 Å². The first-order valence-electron chi connectivity index (χ1n) is 9.64. The van der Waals surface area contributed by atoms with Gasteiger partial charge in [0.05, 0.1) is 0 Å². The summed E-state index contributed by atoms with van der Waals surface area (Å²) < 4.78 is 11.2. The molecular formula is C22H24N4O2. The van der Waals surface area contributed by atoms with E-state index in [0.29, 0.717) is 25.0 Å². The largest absolute Gasteiger partial charge is 0.486 e. The van der Waals surface area contributed by atoms with Crippen LogP contribution in [0.2, 0.25) is 0 Å². The Kier molecular flexibility index (Phi) is 5.28. The van der Waals surface area contributed by atoms with E-state index in [1.165, 1.54) is 11.1 Å². The molecule has 6 nitrogen and oxygen atoms in total. The Labute approximate surface area is 164 Å². The Morgan fingerprint density at radius 3 is 2.39 bits per heavy atom. The Morgan fingerprint density at radius 2 is 1.64 bits per heavy atom. The Morgan fingerprint density at radius 1 is 0.893 bits per heavy atom. The number of aryl methyl sites for hydroxylation is 2. The molecule has 1 aromatic heterocycles. The molecule has 2 heterocycles. The van der Waals surface area contributed by atoms with Crippen molar-refractivity contribution in [3.63, 3.8) is 0 Å². The van der Waals surface area contributed by atoms with Gasteiger partial charge in [0, 0.05) is 23.6 Å². The highest BCUT2D eigenvalue weighted by atomic mass is 16.6. The normalized spacial score (nSPS) is 12.5. The topological polar surface area (TPSA) is 68.3 Å². The third kappa shape index (κ3) is 3.86. The molecule has 0 spiro atoms. The van der Waals surface area contributed by atoms with Gasteiger partial charge in [-0.25, -0.2) is 4.98 Å². The van der Waals surface area contributed by atoms with E-state index in [0.717, 1.165) is 35.7 Å². The molecule has 4 rings (SSSR count). The van der Waals surface area contributed by atoms with Crippen molar-refractivity contribution in [3.8, 4) is 11.5 Å². The number of rotatable bonds is 6. The zero-order valence-electron chi connectivity index (χ0n) is 16.2. The predicted molar refractivity (Wildman–Crippen MR) is 111 cm³/mol. The molecule has 2 N–H and O–H groups in total.